The Morgan fingerprint density at radius 1 is 0.284 bits per heavy atom. The van der Waals surface area contributed by atoms with Crippen LogP contribution in [0.15, 0.2) is 122 Å². The zero-order chi connectivity index (χ0) is 53.6. The minimum atomic E-state index is -0.796. The van der Waals surface area contributed by atoms with Crippen LogP contribution < -0.4 is 0 Å². The van der Waals surface area contributed by atoms with Crippen molar-refractivity contribution in [2.24, 2.45) is 0 Å². The van der Waals surface area contributed by atoms with Gasteiger partial charge in [0.15, 0.2) is 6.10 Å². The van der Waals surface area contributed by atoms with Crippen LogP contribution in [0.4, 0.5) is 0 Å². The van der Waals surface area contributed by atoms with Crippen LogP contribution in [0.1, 0.15) is 271 Å². The highest BCUT2D eigenvalue weighted by Crippen LogP contribution is 2.14. The first-order valence-corrected chi connectivity index (χ1v) is 30.5. The van der Waals surface area contributed by atoms with Crippen molar-refractivity contribution in [2.45, 2.75) is 277 Å². The van der Waals surface area contributed by atoms with Gasteiger partial charge in [-0.1, -0.05) is 245 Å². The van der Waals surface area contributed by atoms with Crippen molar-refractivity contribution in [1.29, 1.82) is 0 Å². The van der Waals surface area contributed by atoms with Gasteiger partial charge < -0.3 is 14.2 Å². The van der Waals surface area contributed by atoms with Crippen molar-refractivity contribution in [2.75, 3.05) is 13.2 Å². The highest BCUT2D eigenvalue weighted by atomic mass is 16.6. The molecular weight excluding hydrogens is 913 g/mol. The van der Waals surface area contributed by atoms with Crippen LogP contribution >= 0.6 is 0 Å². The van der Waals surface area contributed by atoms with E-state index in [0.29, 0.717) is 19.3 Å². The summed E-state index contributed by atoms with van der Waals surface area (Å²) in [7, 11) is 0. The molecule has 6 heteroatoms. The third kappa shape index (κ3) is 58.7. The maximum Gasteiger partial charge on any atom is 0.306 e. The van der Waals surface area contributed by atoms with Gasteiger partial charge in [0, 0.05) is 19.3 Å². The fourth-order valence-electron chi connectivity index (χ4n) is 8.08. The largest absolute Gasteiger partial charge is 0.462 e. The molecule has 0 saturated carbocycles. The smallest absolute Gasteiger partial charge is 0.306 e. The molecule has 1 unspecified atom stereocenters. The van der Waals surface area contributed by atoms with Crippen molar-refractivity contribution in [3.05, 3.63) is 122 Å². The average Bonchev–Trinajstić information content (AvgIpc) is 3.40. The molecule has 0 aromatic heterocycles. The Hall–Kier alpha value is -4.19. The summed E-state index contributed by atoms with van der Waals surface area (Å²) in [5.41, 5.74) is 0. The minimum Gasteiger partial charge on any atom is -0.462 e. The molecule has 74 heavy (non-hydrogen) atoms. The topological polar surface area (TPSA) is 78.9 Å². The summed E-state index contributed by atoms with van der Waals surface area (Å²) in [6.07, 6.45) is 84.8. The summed E-state index contributed by atoms with van der Waals surface area (Å²) < 4.78 is 16.8. The van der Waals surface area contributed by atoms with E-state index in [9.17, 15) is 14.4 Å². The van der Waals surface area contributed by atoms with Gasteiger partial charge in [0.25, 0.3) is 0 Å². The van der Waals surface area contributed by atoms with Crippen molar-refractivity contribution >= 4 is 17.9 Å². The van der Waals surface area contributed by atoms with Gasteiger partial charge in [0.1, 0.15) is 13.2 Å². The molecule has 0 spiro atoms. The number of esters is 3. The lowest BCUT2D eigenvalue weighted by Crippen LogP contribution is -2.30. The van der Waals surface area contributed by atoms with Crippen LogP contribution in [0.2, 0.25) is 0 Å². The molecule has 0 aromatic carbocycles. The highest BCUT2D eigenvalue weighted by Gasteiger charge is 2.19. The number of rotatable bonds is 54. The zero-order valence-corrected chi connectivity index (χ0v) is 48.1. The molecule has 0 radical (unpaired) electrons. The Balaban J connectivity index is 4.32. The number of allylic oxidation sites excluding steroid dienone is 20. The van der Waals surface area contributed by atoms with Gasteiger partial charge in [-0.2, -0.15) is 0 Å². The summed E-state index contributed by atoms with van der Waals surface area (Å²) >= 11 is 0. The standard InChI is InChI=1S/C68H112O6/c1-4-7-10-13-16-19-22-24-26-28-29-30-31-32-33-34-35-36-37-38-39-40-42-43-46-49-52-55-58-61-67(70)73-64-65(63-72-66(69)60-57-54-51-48-45-21-18-15-12-9-6-3)74-68(71)62-59-56-53-50-47-44-41-27-25-23-20-17-14-11-8-5-2/h7,10,15-16,18-20,23-24,26-27,29-30,32-33,35-36,38-39,41,65H,4-6,8-9,11-14,17,21-22,25,28,31,34,37,40,42-64H2,1-3H3/b10-7-,18-15-,19-16-,23-20-,26-24-,30-29-,33-32-,36-35-,39-38-,41-27-. The number of ether oxygens (including phenoxy) is 3. The summed E-state index contributed by atoms with van der Waals surface area (Å²) in [6, 6.07) is 0. The van der Waals surface area contributed by atoms with E-state index in [1.54, 1.807) is 0 Å². The van der Waals surface area contributed by atoms with Crippen LogP contribution in [-0.2, 0) is 28.6 Å². The van der Waals surface area contributed by atoms with E-state index in [0.717, 1.165) is 148 Å². The SMILES string of the molecule is CC/C=C\C/C=C\C/C=C\C/C=C\C/C=C\C/C=C\C/C=C\CCCCCCCCCC(=O)OCC(COC(=O)CCCCCCC/C=C\CCCC)OC(=O)CCCCCCC/C=C\C/C=C\CCCCCC. The molecule has 0 aliphatic rings. The Labute approximate surface area is 456 Å². The summed E-state index contributed by atoms with van der Waals surface area (Å²) in [5, 5.41) is 0. The lowest BCUT2D eigenvalue weighted by molar-refractivity contribution is -0.167. The van der Waals surface area contributed by atoms with Crippen molar-refractivity contribution < 1.29 is 28.6 Å². The average molecular weight is 1030 g/mol. The fourth-order valence-corrected chi connectivity index (χ4v) is 8.08. The molecular formula is C68H112O6. The maximum absolute atomic E-state index is 12.9. The van der Waals surface area contributed by atoms with Gasteiger partial charge in [-0.15, -0.1) is 0 Å². The van der Waals surface area contributed by atoms with Crippen LogP contribution in [-0.4, -0.2) is 37.2 Å². The van der Waals surface area contributed by atoms with E-state index in [4.69, 9.17) is 14.2 Å². The lowest BCUT2D eigenvalue weighted by atomic mass is 10.1. The Bertz CT molecular complexity index is 1550. The molecule has 0 aliphatic carbocycles. The molecule has 0 aliphatic heterocycles. The first-order chi connectivity index (χ1) is 36.5. The predicted octanol–water partition coefficient (Wildman–Crippen LogP) is 20.8. The van der Waals surface area contributed by atoms with Gasteiger partial charge in [0.05, 0.1) is 0 Å². The molecule has 420 valence electrons. The summed E-state index contributed by atoms with van der Waals surface area (Å²) in [6.45, 7) is 6.44. The van der Waals surface area contributed by atoms with Gasteiger partial charge in [-0.25, -0.2) is 0 Å². The van der Waals surface area contributed by atoms with E-state index in [2.05, 4.69) is 142 Å². The quantitative estimate of drug-likeness (QED) is 0.0261. The second kappa shape index (κ2) is 61.4. The molecule has 0 saturated heterocycles. The zero-order valence-electron chi connectivity index (χ0n) is 48.1. The van der Waals surface area contributed by atoms with Gasteiger partial charge in [-0.05, 0) is 128 Å². The summed E-state index contributed by atoms with van der Waals surface area (Å²) in [4.78, 5) is 38.2. The third-order valence-electron chi connectivity index (χ3n) is 12.7. The fraction of sp³-hybridized carbons (Fsp3) is 0.662. The molecule has 0 bridgehead atoms. The Kier molecular flexibility index (Phi) is 57.9. The molecule has 6 nitrogen and oxygen atoms in total. The number of unbranched alkanes of at least 4 members (excludes halogenated alkanes) is 23. The monoisotopic (exact) mass is 1020 g/mol. The second-order valence-corrected chi connectivity index (χ2v) is 19.9. The molecule has 0 aromatic rings. The first-order valence-electron chi connectivity index (χ1n) is 30.5. The third-order valence-corrected chi connectivity index (χ3v) is 12.7. The molecule has 0 rings (SSSR count). The van der Waals surface area contributed by atoms with E-state index >= 15 is 0 Å². The number of hydrogen-bond donors (Lipinski definition) is 0. The van der Waals surface area contributed by atoms with Crippen molar-refractivity contribution in [3.63, 3.8) is 0 Å². The Morgan fingerprint density at radius 2 is 0.541 bits per heavy atom. The first kappa shape index (κ1) is 69.8. The van der Waals surface area contributed by atoms with Crippen LogP contribution in [0, 0.1) is 0 Å². The predicted molar refractivity (Wildman–Crippen MR) is 320 cm³/mol. The van der Waals surface area contributed by atoms with E-state index in [-0.39, 0.29) is 31.1 Å². The van der Waals surface area contributed by atoms with Crippen LogP contribution in [0.5, 0.6) is 0 Å². The van der Waals surface area contributed by atoms with E-state index in [1.165, 1.54) is 83.5 Å². The normalized spacial score (nSPS) is 13.0. The van der Waals surface area contributed by atoms with Crippen LogP contribution in [0.3, 0.4) is 0 Å². The highest BCUT2D eigenvalue weighted by molar-refractivity contribution is 5.71. The van der Waals surface area contributed by atoms with E-state index < -0.39 is 6.10 Å². The number of carbonyl (C=O) groups is 3. The maximum atomic E-state index is 12.9. The Morgan fingerprint density at radius 3 is 0.878 bits per heavy atom. The van der Waals surface area contributed by atoms with E-state index in [1.807, 2.05) is 0 Å². The summed E-state index contributed by atoms with van der Waals surface area (Å²) in [5.74, 6) is -0.928. The molecule has 0 heterocycles. The molecule has 0 fully saturated rings. The number of hydrogen-bond acceptors (Lipinski definition) is 6. The molecule has 1 atom stereocenters. The lowest BCUT2D eigenvalue weighted by Gasteiger charge is -2.18. The van der Waals surface area contributed by atoms with Gasteiger partial charge >= 0.3 is 17.9 Å². The van der Waals surface area contributed by atoms with Gasteiger partial charge in [0.2, 0.25) is 0 Å². The van der Waals surface area contributed by atoms with Crippen molar-refractivity contribution in [1.82, 2.24) is 0 Å². The molecule has 0 N–H and O–H groups in total. The second-order valence-electron chi connectivity index (χ2n) is 19.9. The van der Waals surface area contributed by atoms with Crippen molar-refractivity contribution in [3.8, 4) is 0 Å². The van der Waals surface area contributed by atoms with Gasteiger partial charge in [-0.3, -0.25) is 14.4 Å². The van der Waals surface area contributed by atoms with Crippen LogP contribution in [0.25, 0.3) is 0 Å². The minimum absolute atomic E-state index is 0.0935. The molecule has 0 amide bonds. The number of carbonyl (C=O) groups excluding carboxylic acids is 3.